The molecule has 20 heavy (non-hydrogen) atoms. The molecule has 0 spiro atoms. The topological polar surface area (TPSA) is 56.7 Å². The van der Waals surface area contributed by atoms with Gasteiger partial charge in [0.05, 0.1) is 0 Å². The van der Waals surface area contributed by atoms with E-state index < -0.39 is 0 Å². The van der Waals surface area contributed by atoms with Gasteiger partial charge in [-0.05, 0) is 24.6 Å². The molecule has 0 saturated heterocycles. The van der Waals surface area contributed by atoms with Crippen LogP contribution in [0.1, 0.15) is 19.2 Å². The number of nitrogens with two attached hydrogens (primary N) is 1. The summed E-state index contributed by atoms with van der Waals surface area (Å²) in [7, 11) is 0. The fourth-order valence-electron chi connectivity index (χ4n) is 1.90. The summed E-state index contributed by atoms with van der Waals surface area (Å²) >= 11 is 5.25. The summed E-state index contributed by atoms with van der Waals surface area (Å²) in [5, 5.41) is 4.23. The molecular formula is C14H19BrN4S. The lowest BCUT2D eigenvalue weighted by atomic mass is 10.2. The summed E-state index contributed by atoms with van der Waals surface area (Å²) in [6, 6.07) is 8.35. The zero-order valence-electron chi connectivity index (χ0n) is 11.5. The smallest absolute Gasteiger partial charge is 0.138 e. The van der Waals surface area contributed by atoms with Gasteiger partial charge in [0.1, 0.15) is 12.2 Å². The lowest BCUT2D eigenvalue weighted by molar-refractivity contribution is 0.553. The molecule has 0 bridgehead atoms. The van der Waals surface area contributed by atoms with Gasteiger partial charge >= 0.3 is 0 Å². The van der Waals surface area contributed by atoms with Crippen molar-refractivity contribution >= 4 is 27.7 Å². The number of hydrogen-bond acceptors (Lipinski definition) is 4. The van der Waals surface area contributed by atoms with Crippen molar-refractivity contribution in [3.05, 3.63) is 40.9 Å². The van der Waals surface area contributed by atoms with E-state index in [-0.39, 0.29) is 6.04 Å². The summed E-state index contributed by atoms with van der Waals surface area (Å²) in [6.07, 6.45) is 3.43. The van der Waals surface area contributed by atoms with E-state index in [0.29, 0.717) is 0 Å². The monoisotopic (exact) mass is 354 g/mol. The first-order valence-electron chi connectivity index (χ1n) is 6.69. The molecule has 2 N–H and O–H groups in total. The lowest BCUT2D eigenvalue weighted by Gasteiger charge is -2.11. The van der Waals surface area contributed by atoms with E-state index in [9.17, 15) is 0 Å². The molecule has 108 valence electrons. The Kier molecular flexibility index (Phi) is 6.06. The normalized spacial score (nSPS) is 12.6. The largest absolute Gasteiger partial charge is 0.327 e. The van der Waals surface area contributed by atoms with Crippen LogP contribution in [-0.4, -0.2) is 26.6 Å². The van der Waals surface area contributed by atoms with Gasteiger partial charge in [0, 0.05) is 34.1 Å². The number of aromatic nitrogens is 3. The number of rotatable bonds is 7. The number of thioether (sulfide) groups is 1. The van der Waals surface area contributed by atoms with Crippen molar-refractivity contribution in [2.24, 2.45) is 5.73 Å². The van der Waals surface area contributed by atoms with Gasteiger partial charge < -0.3 is 5.73 Å². The van der Waals surface area contributed by atoms with Crippen LogP contribution in [0.3, 0.4) is 0 Å². The van der Waals surface area contributed by atoms with Crippen LogP contribution in [0.5, 0.6) is 0 Å². The van der Waals surface area contributed by atoms with E-state index in [1.807, 2.05) is 16.8 Å². The maximum Gasteiger partial charge on any atom is 0.138 e. The number of nitrogens with zero attached hydrogens (tertiary/aromatic N) is 3. The van der Waals surface area contributed by atoms with Gasteiger partial charge in [0.15, 0.2) is 0 Å². The first-order chi connectivity index (χ1) is 9.69. The highest BCUT2D eigenvalue weighted by Crippen LogP contribution is 2.22. The first-order valence-corrected chi connectivity index (χ1v) is 8.47. The van der Waals surface area contributed by atoms with Crippen LogP contribution < -0.4 is 5.73 Å². The summed E-state index contributed by atoms with van der Waals surface area (Å²) in [4.78, 5) is 5.53. The Bertz CT molecular complexity index is 543. The second kappa shape index (κ2) is 7.81. The molecule has 1 unspecified atom stereocenters. The molecule has 0 radical (unpaired) electrons. The van der Waals surface area contributed by atoms with E-state index in [4.69, 9.17) is 5.73 Å². The second-order valence-electron chi connectivity index (χ2n) is 4.63. The van der Waals surface area contributed by atoms with Crippen molar-refractivity contribution in [3.63, 3.8) is 0 Å². The maximum atomic E-state index is 6.20. The highest BCUT2D eigenvalue weighted by atomic mass is 79.9. The van der Waals surface area contributed by atoms with E-state index in [2.05, 4.69) is 45.1 Å². The van der Waals surface area contributed by atoms with Crippen molar-refractivity contribution in [2.75, 3.05) is 5.75 Å². The third-order valence-electron chi connectivity index (χ3n) is 2.84. The van der Waals surface area contributed by atoms with Crippen LogP contribution >= 0.6 is 27.7 Å². The number of hydrogen-bond donors (Lipinski definition) is 1. The van der Waals surface area contributed by atoms with Gasteiger partial charge in [0.25, 0.3) is 0 Å². The molecule has 1 heterocycles. The Morgan fingerprint density at radius 3 is 3.05 bits per heavy atom. The Hall–Kier alpha value is -0.850. The molecule has 1 aromatic carbocycles. The molecule has 0 amide bonds. The number of aryl methyl sites for hydroxylation is 1. The van der Waals surface area contributed by atoms with Crippen molar-refractivity contribution < 1.29 is 0 Å². The molecule has 0 aliphatic heterocycles. The van der Waals surface area contributed by atoms with Crippen LogP contribution in [0.25, 0.3) is 0 Å². The lowest BCUT2D eigenvalue weighted by Crippen LogP contribution is -2.27. The third kappa shape index (κ3) is 4.61. The second-order valence-corrected chi connectivity index (χ2v) is 6.64. The molecule has 0 aliphatic rings. The minimum Gasteiger partial charge on any atom is -0.327 e. The molecule has 1 aromatic heterocycles. The molecule has 6 heteroatoms. The Balaban J connectivity index is 1.86. The molecule has 2 rings (SSSR count). The fourth-order valence-corrected chi connectivity index (χ4v) is 3.36. The number of halogens is 1. The minimum absolute atomic E-state index is 0.0822. The number of benzene rings is 1. The summed E-state index contributed by atoms with van der Waals surface area (Å²) in [6.45, 7) is 3.04. The van der Waals surface area contributed by atoms with Crippen LogP contribution in [0, 0.1) is 0 Å². The molecule has 1 atom stereocenters. The van der Waals surface area contributed by atoms with Gasteiger partial charge in [-0.25, -0.2) is 4.98 Å². The van der Waals surface area contributed by atoms with Crippen molar-refractivity contribution in [1.82, 2.24) is 14.8 Å². The minimum atomic E-state index is 0.0822. The van der Waals surface area contributed by atoms with Gasteiger partial charge in [-0.15, -0.1) is 11.8 Å². The van der Waals surface area contributed by atoms with Gasteiger partial charge in [-0.1, -0.05) is 28.9 Å². The quantitative estimate of drug-likeness (QED) is 0.776. The van der Waals surface area contributed by atoms with E-state index in [1.165, 1.54) is 4.90 Å². The van der Waals surface area contributed by atoms with Crippen molar-refractivity contribution in [3.8, 4) is 0 Å². The van der Waals surface area contributed by atoms with Crippen LogP contribution in [-0.2, 0) is 13.0 Å². The fraction of sp³-hybridized carbons (Fsp3) is 0.429. The maximum absolute atomic E-state index is 6.20. The predicted octanol–water partition coefficient (Wildman–Crippen LogP) is 3.11. The first kappa shape index (κ1) is 15.5. The van der Waals surface area contributed by atoms with Crippen molar-refractivity contribution in [1.29, 1.82) is 0 Å². The summed E-state index contributed by atoms with van der Waals surface area (Å²) < 4.78 is 3.04. The van der Waals surface area contributed by atoms with Gasteiger partial charge in [0.2, 0.25) is 0 Å². The average Bonchev–Trinajstić information content (AvgIpc) is 2.84. The van der Waals surface area contributed by atoms with Crippen molar-refractivity contribution in [2.45, 2.75) is 37.2 Å². The Morgan fingerprint density at radius 2 is 2.30 bits per heavy atom. The summed E-state index contributed by atoms with van der Waals surface area (Å²) in [5.41, 5.74) is 6.20. The van der Waals surface area contributed by atoms with E-state index in [0.717, 1.165) is 35.4 Å². The summed E-state index contributed by atoms with van der Waals surface area (Å²) in [5.74, 6) is 1.85. The zero-order valence-corrected chi connectivity index (χ0v) is 13.9. The third-order valence-corrected chi connectivity index (χ3v) is 4.51. The zero-order chi connectivity index (χ0) is 14.4. The van der Waals surface area contributed by atoms with Crippen LogP contribution in [0.4, 0.5) is 0 Å². The van der Waals surface area contributed by atoms with Gasteiger partial charge in [-0.2, -0.15) is 5.10 Å². The highest BCUT2D eigenvalue weighted by molar-refractivity contribution is 9.10. The molecule has 4 nitrogen and oxygen atoms in total. The SMILES string of the molecule is CCCn1ncnc1CC(N)CSc1cccc(Br)c1. The molecule has 0 aliphatic carbocycles. The Morgan fingerprint density at radius 1 is 1.45 bits per heavy atom. The van der Waals surface area contributed by atoms with E-state index in [1.54, 1.807) is 18.1 Å². The predicted molar refractivity (Wildman–Crippen MR) is 86.9 cm³/mol. The van der Waals surface area contributed by atoms with Crippen LogP contribution in [0.15, 0.2) is 40.0 Å². The average molecular weight is 355 g/mol. The van der Waals surface area contributed by atoms with E-state index >= 15 is 0 Å². The van der Waals surface area contributed by atoms with Gasteiger partial charge in [-0.3, -0.25) is 4.68 Å². The highest BCUT2D eigenvalue weighted by Gasteiger charge is 2.10. The Labute approximate surface area is 132 Å². The van der Waals surface area contributed by atoms with Crippen LogP contribution in [0.2, 0.25) is 0 Å². The molecule has 0 fully saturated rings. The molecule has 0 saturated carbocycles. The molecular weight excluding hydrogens is 336 g/mol. The molecule has 2 aromatic rings. The standard InChI is InChI=1S/C14H19BrN4S/c1-2-6-19-14(17-10-18-19)8-12(16)9-20-13-5-3-4-11(15)7-13/h3-5,7,10,12H,2,6,8-9,16H2,1H3.